The fourth-order valence-corrected chi connectivity index (χ4v) is 8.14. The van der Waals surface area contributed by atoms with Crippen LogP contribution in [-0.2, 0) is 16.1 Å². The largest absolute Gasteiger partial charge is 0.467 e. The highest BCUT2D eigenvalue weighted by atomic mass is 32.1. The van der Waals surface area contributed by atoms with Crippen molar-refractivity contribution in [3.8, 4) is 10.6 Å². The Bertz CT molecular complexity index is 1100. The van der Waals surface area contributed by atoms with E-state index in [-0.39, 0.29) is 23.7 Å². The number of furan rings is 1. The molecule has 33 heavy (non-hydrogen) atoms. The third kappa shape index (κ3) is 4.04. The summed E-state index contributed by atoms with van der Waals surface area (Å²) in [5, 5.41) is 6.45. The Hall–Kier alpha value is -2.45. The topological polar surface area (TPSA) is 72.6 Å². The van der Waals surface area contributed by atoms with Crippen molar-refractivity contribution in [3.05, 3.63) is 52.1 Å². The molecule has 0 aromatic carbocycles. The van der Waals surface area contributed by atoms with E-state index in [1.165, 1.54) is 30.6 Å². The second-order valence-corrected chi connectivity index (χ2v) is 11.5. The molecule has 8 heteroatoms. The fourth-order valence-electron chi connectivity index (χ4n) is 6.64. The lowest BCUT2D eigenvalue weighted by Gasteiger charge is -2.60. The molecule has 4 saturated carbocycles. The van der Waals surface area contributed by atoms with E-state index in [1.54, 1.807) is 23.0 Å². The number of aromatic nitrogens is 1. The number of carbonyl (C=O) groups excluding carboxylic acids is 2. The lowest BCUT2D eigenvalue weighted by molar-refractivity contribution is -0.156. The van der Waals surface area contributed by atoms with E-state index in [2.05, 4.69) is 4.98 Å². The zero-order valence-corrected chi connectivity index (χ0v) is 19.9. The molecule has 172 valence electrons. The van der Waals surface area contributed by atoms with E-state index < -0.39 is 5.97 Å². The predicted molar refractivity (Wildman–Crippen MR) is 126 cm³/mol. The van der Waals surface area contributed by atoms with Gasteiger partial charge in [0.25, 0.3) is 5.91 Å². The summed E-state index contributed by atoms with van der Waals surface area (Å²) < 4.78 is 11.1. The fraction of sp³-hybridized carbons (Fsp3) is 0.480. The Kier molecular flexibility index (Phi) is 5.37. The van der Waals surface area contributed by atoms with Gasteiger partial charge in [0.2, 0.25) is 0 Å². The van der Waals surface area contributed by atoms with E-state index in [1.807, 2.05) is 33.9 Å². The SMILES string of the molecule is O=C(OCC(=O)N(Cc1ccco1)C12CC3CC(CC(C3)C1)C2)c1csc(-c2ccsc2)n1. The maximum absolute atomic E-state index is 13.5. The van der Waals surface area contributed by atoms with E-state index in [0.29, 0.717) is 24.3 Å². The van der Waals surface area contributed by atoms with Gasteiger partial charge in [-0.1, -0.05) is 0 Å². The molecule has 1 amide bonds. The number of thiophene rings is 1. The molecule has 4 bridgehead atoms. The van der Waals surface area contributed by atoms with Crippen molar-refractivity contribution in [2.75, 3.05) is 6.61 Å². The zero-order valence-electron chi connectivity index (χ0n) is 18.3. The van der Waals surface area contributed by atoms with Gasteiger partial charge in [0.05, 0.1) is 12.8 Å². The number of thiazole rings is 1. The van der Waals surface area contributed by atoms with Gasteiger partial charge in [-0.2, -0.15) is 11.3 Å². The Labute approximate surface area is 200 Å². The van der Waals surface area contributed by atoms with Crippen LogP contribution in [0.15, 0.2) is 45.0 Å². The Balaban J connectivity index is 1.18. The van der Waals surface area contributed by atoms with Crippen molar-refractivity contribution in [2.45, 2.75) is 50.6 Å². The van der Waals surface area contributed by atoms with Gasteiger partial charge in [0, 0.05) is 21.9 Å². The molecule has 7 rings (SSSR count). The van der Waals surface area contributed by atoms with E-state index in [9.17, 15) is 9.59 Å². The normalized spacial score (nSPS) is 27.6. The number of hydrogen-bond donors (Lipinski definition) is 0. The zero-order chi connectivity index (χ0) is 22.4. The summed E-state index contributed by atoms with van der Waals surface area (Å²) >= 11 is 2.99. The van der Waals surface area contributed by atoms with Crippen LogP contribution in [0.1, 0.15) is 54.8 Å². The number of esters is 1. The van der Waals surface area contributed by atoms with Crippen LogP contribution >= 0.6 is 22.7 Å². The van der Waals surface area contributed by atoms with Gasteiger partial charge >= 0.3 is 5.97 Å². The van der Waals surface area contributed by atoms with Crippen LogP contribution < -0.4 is 0 Å². The van der Waals surface area contributed by atoms with Crippen molar-refractivity contribution in [3.63, 3.8) is 0 Å². The maximum atomic E-state index is 13.5. The van der Waals surface area contributed by atoms with Crippen LogP contribution in [0.25, 0.3) is 10.6 Å². The minimum atomic E-state index is -0.551. The number of nitrogens with zero attached hydrogens (tertiary/aromatic N) is 2. The molecule has 0 spiro atoms. The van der Waals surface area contributed by atoms with Gasteiger partial charge in [-0.05, 0) is 79.9 Å². The average molecular weight is 483 g/mol. The summed E-state index contributed by atoms with van der Waals surface area (Å²) in [5.41, 5.74) is 1.10. The third-order valence-electron chi connectivity index (χ3n) is 7.58. The molecule has 0 saturated heterocycles. The highest BCUT2D eigenvalue weighted by Gasteiger charge is 2.54. The lowest BCUT2D eigenvalue weighted by Crippen LogP contribution is -2.61. The van der Waals surface area contributed by atoms with E-state index in [4.69, 9.17) is 9.15 Å². The summed E-state index contributed by atoms with van der Waals surface area (Å²) in [6.45, 7) is 0.154. The number of hydrogen-bond acceptors (Lipinski definition) is 7. The molecular formula is C25H26N2O4S2. The van der Waals surface area contributed by atoms with Gasteiger partial charge in [0.15, 0.2) is 12.3 Å². The molecular weight excluding hydrogens is 456 g/mol. The highest BCUT2D eigenvalue weighted by molar-refractivity contribution is 7.14. The quantitative estimate of drug-likeness (QED) is 0.409. The maximum Gasteiger partial charge on any atom is 0.358 e. The van der Waals surface area contributed by atoms with Crippen LogP contribution in [0.5, 0.6) is 0 Å². The highest BCUT2D eigenvalue weighted by Crippen LogP contribution is 2.58. The van der Waals surface area contributed by atoms with Gasteiger partial charge in [-0.3, -0.25) is 4.79 Å². The summed E-state index contributed by atoms with van der Waals surface area (Å²) in [6, 6.07) is 5.74. The van der Waals surface area contributed by atoms with Crippen molar-refractivity contribution in [2.24, 2.45) is 17.8 Å². The number of ether oxygens (including phenoxy) is 1. The monoisotopic (exact) mass is 482 g/mol. The molecule has 4 aliphatic rings. The molecule has 4 aliphatic carbocycles. The minimum Gasteiger partial charge on any atom is -0.467 e. The van der Waals surface area contributed by atoms with Gasteiger partial charge in [0.1, 0.15) is 10.8 Å². The van der Waals surface area contributed by atoms with Crippen LogP contribution in [0.3, 0.4) is 0 Å². The number of amides is 1. The number of rotatable bonds is 7. The van der Waals surface area contributed by atoms with Crippen LogP contribution in [0, 0.1) is 17.8 Å². The molecule has 6 nitrogen and oxygen atoms in total. The predicted octanol–water partition coefficient (Wildman–Crippen LogP) is 5.62. The summed E-state index contributed by atoms with van der Waals surface area (Å²) in [7, 11) is 0. The third-order valence-corrected chi connectivity index (χ3v) is 9.16. The van der Waals surface area contributed by atoms with Crippen molar-refractivity contribution in [1.29, 1.82) is 0 Å². The van der Waals surface area contributed by atoms with Crippen molar-refractivity contribution >= 4 is 34.6 Å². The van der Waals surface area contributed by atoms with Gasteiger partial charge in [-0.25, -0.2) is 9.78 Å². The van der Waals surface area contributed by atoms with Crippen LogP contribution in [0.2, 0.25) is 0 Å². The summed E-state index contributed by atoms with van der Waals surface area (Å²) in [4.78, 5) is 32.5. The summed E-state index contributed by atoms with van der Waals surface area (Å²) in [6.07, 6.45) is 8.69. The summed E-state index contributed by atoms with van der Waals surface area (Å²) in [5.74, 6) is 2.19. The standard InChI is InChI=1S/C25H26N2O4S2/c28-22(13-31-24(29)21-15-33-23(26-21)19-3-5-32-14-19)27(12-20-2-1-4-30-20)25-9-16-6-17(10-25)8-18(7-16)11-25/h1-5,14-18H,6-13H2. The van der Waals surface area contributed by atoms with Crippen LogP contribution in [-0.4, -0.2) is 33.9 Å². The second-order valence-electron chi connectivity index (χ2n) is 9.83. The van der Waals surface area contributed by atoms with Crippen molar-refractivity contribution in [1.82, 2.24) is 9.88 Å². The molecule has 0 radical (unpaired) electrons. The molecule has 0 aliphatic heterocycles. The van der Waals surface area contributed by atoms with E-state index >= 15 is 0 Å². The minimum absolute atomic E-state index is 0.141. The van der Waals surface area contributed by atoms with E-state index in [0.717, 1.165) is 35.6 Å². The molecule has 3 aromatic rings. The molecule has 3 heterocycles. The molecule has 0 atom stereocenters. The Morgan fingerprint density at radius 3 is 2.52 bits per heavy atom. The Morgan fingerprint density at radius 2 is 1.88 bits per heavy atom. The molecule has 4 fully saturated rings. The molecule has 3 aromatic heterocycles. The second kappa shape index (κ2) is 8.40. The Morgan fingerprint density at radius 1 is 1.12 bits per heavy atom. The first-order valence-corrected chi connectivity index (χ1v) is 13.4. The first kappa shape index (κ1) is 21.1. The van der Waals surface area contributed by atoms with Gasteiger partial charge < -0.3 is 14.1 Å². The smallest absolute Gasteiger partial charge is 0.358 e. The lowest BCUT2D eigenvalue weighted by atomic mass is 9.52. The number of carbonyl (C=O) groups is 2. The first-order valence-electron chi connectivity index (χ1n) is 11.6. The van der Waals surface area contributed by atoms with Crippen molar-refractivity contribution < 1.29 is 18.7 Å². The molecule has 0 N–H and O–H groups in total. The van der Waals surface area contributed by atoms with Gasteiger partial charge in [-0.15, -0.1) is 11.3 Å². The average Bonchev–Trinajstić information content (AvgIpc) is 3.56. The molecule has 0 unspecified atom stereocenters. The first-order chi connectivity index (χ1) is 16.1. The van der Waals surface area contributed by atoms with Crippen LogP contribution in [0.4, 0.5) is 0 Å².